The third-order valence-corrected chi connectivity index (χ3v) is 8.19. The van der Waals surface area contributed by atoms with Crippen molar-refractivity contribution in [2.24, 2.45) is 0 Å². The van der Waals surface area contributed by atoms with Gasteiger partial charge in [-0.05, 0) is 11.6 Å². The second-order valence-electron chi connectivity index (χ2n) is 6.39. The Bertz CT molecular complexity index is 924. The first-order chi connectivity index (χ1) is 12.6. The topological polar surface area (TPSA) is 87.7 Å². The Morgan fingerprint density at radius 3 is 2.54 bits per heavy atom. The van der Waals surface area contributed by atoms with Crippen LogP contribution in [0.4, 0.5) is 0 Å². The Morgan fingerprint density at radius 1 is 1.00 bits per heavy atom. The van der Waals surface area contributed by atoms with Crippen molar-refractivity contribution in [3.05, 3.63) is 65.7 Å². The number of aliphatic hydroxyl groups excluding tert-OH is 1. The highest BCUT2D eigenvalue weighted by Gasteiger charge is 2.68. The van der Waals surface area contributed by atoms with Gasteiger partial charge in [-0.3, -0.25) is 9.59 Å². The lowest BCUT2D eigenvalue weighted by atomic mass is 9.94. The van der Waals surface area contributed by atoms with Gasteiger partial charge in [-0.25, -0.2) is 0 Å². The number of benzene rings is 2. The molecule has 0 saturated carbocycles. The molecule has 2 aromatic rings. The fourth-order valence-electron chi connectivity index (χ4n) is 3.54. The molecule has 2 amide bonds. The summed E-state index contributed by atoms with van der Waals surface area (Å²) in [6, 6.07) is 16.2. The maximum absolute atomic E-state index is 13.0. The largest absolute Gasteiger partial charge is 0.457 e. The molecule has 4 heterocycles. The molecule has 1 spiro atoms. The van der Waals surface area contributed by atoms with Crippen LogP contribution in [0.3, 0.4) is 0 Å². The predicted molar refractivity (Wildman–Crippen MR) is 98.1 cm³/mol. The Balaban J connectivity index is 1.60. The number of carbonyl (C=O) groups is 2. The summed E-state index contributed by atoms with van der Waals surface area (Å²) in [5.41, 5.74) is -0.0813. The molecule has 3 fully saturated rings. The van der Waals surface area contributed by atoms with E-state index in [1.165, 1.54) is 21.6 Å². The van der Waals surface area contributed by atoms with Gasteiger partial charge in [0.1, 0.15) is 17.1 Å². The fraction of sp³-hybridized carbons (Fsp3) is 0.222. The van der Waals surface area contributed by atoms with Crippen LogP contribution in [-0.4, -0.2) is 27.5 Å². The lowest BCUT2D eigenvalue weighted by Gasteiger charge is -2.42. The molecule has 2 bridgehead atoms. The molecule has 6 nitrogen and oxygen atoms in total. The van der Waals surface area contributed by atoms with Crippen molar-refractivity contribution in [2.45, 2.75) is 21.9 Å². The van der Waals surface area contributed by atoms with Crippen molar-refractivity contribution in [1.82, 2.24) is 10.6 Å². The predicted octanol–water partition coefficient (Wildman–Crippen LogP) is 1.89. The number of fused-ring (bicyclic) bond motifs is 4. The van der Waals surface area contributed by atoms with Crippen LogP contribution in [-0.2, 0) is 9.59 Å². The van der Waals surface area contributed by atoms with Gasteiger partial charge in [-0.2, -0.15) is 0 Å². The number of hydrogen-bond donors (Lipinski definition) is 3. The summed E-state index contributed by atoms with van der Waals surface area (Å²) in [4.78, 5) is 24.6. The zero-order chi connectivity index (χ0) is 17.9. The molecule has 3 N–H and O–H groups in total. The van der Waals surface area contributed by atoms with E-state index in [0.29, 0.717) is 11.3 Å². The van der Waals surface area contributed by atoms with Gasteiger partial charge < -0.3 is 20.5 Å². The molecular weight excluding hydrogens is 372 g/mol. The highest BCUT2D eigenvalue weighted by molar-refractivity contribution is 8.77. The Hall–Kier alpha value is -2.16. The number of amides is 2. The summed E-state index contributed by atoms with van der Waals surface area (Å²) in [6.07, 6.45) is -1.20. The molecule has 0 aromatic heterocycles. The molecule has 0 radical (unpaired) electrons. The Kier molecular flexibility index (Phi) is 3.34. The standard InChI is InChI=1S/C18H14N2O4S2/c21-13(10-6-2-1-3-7-10)18-16(23)19-17(15(22)20-18)14(25-26-18)11-8-4-5-9-12(11)24-17/h1-9,13-14,21H,(H,19,23)(H,20,22). The molecule has 4 aliphatic rings. The summed E-state index contributed by atoms with van der Waals surface area (Å²) in [5, 5.41) is 16.1. The molecule has 2 aromatic carbocycles. The molecular formula is C18H14N2O4S2. The second-order valence-corrected chi connectivity index (χ2v) is 8.94. The average molecular weight is 386 g/mol. The quantitative estimate of drug-likeness (QED) is 0.684. The normalized spacial score (nSPS) is 32.6. The number of aliphatic hydroxyl groups is 1. The molecule has 0 aliphatic carbocycles. The maximum atomic E-state index is 13.0. The van der Waals surface area contributed by atoms with Crippen molar-refractivity contribution in [3.8, 4) is 5.75 Å². The molecule has 4 unspecified atom stereocenters. The number of piperazine rings is 1. The average Bonchev–Trinajstić information content (AvgIpc) is 2.84. The van der Waals surface area contributed by atoms with Crippen molar-refractivity contribution in [2.75, 3.05) is 0 Å². The van der Waals surface area contributed by atoms with Gasteiger partial charge in [0.15, 0.2) is 0 Å². The van der Waals surface area contributed by atoms with Crippen molar-refractivity contribution < 1.29 is 19.4 Å². The van der Waals surface area contributed by atoms with Crippen LogP contribution in [0, 0.1) is 0 Å². The van der Waals surface area contributed by atoms with E-state index < -0.39 is 33.8 Å². The van der Waals surface area contributed by atoms with Gasteiger partial charge in [0.2, 0.25) is 4.87 Å². The number of nitrogens with one attached hydrogen (secondary N) is 2. The molecule has 8 heteroatoms. The number of para-hydroxylation sites is 1. The van der Waals surface area contributed by atoms with E-state index in [1.807, 2.05) is 24.3 Å². The van der Waals surface area contributed by atoms with E-state index in [-0.39, 0.29) is 0 Å². The number of ether oxygens (including phenoxy) is 1. The monoisotopic (exact) mass is 386 g/mol. The molecule has 4 atom stereocenters. The lowest BCUT2D eigenvalue weighted by molar-refractivity contribution is -0.157. The molecule has 6 rings (SSSR count). The first kappa shape index (κ1) is 16.0. The first-order valence-electron chi connectivity index (χ1n) is 8.07. The van der Waals surface area contributed by atoms with Gasteiger partial charge in [-0.1, -0.05) is 70.1 Å². The minimum Gasteiger partial charge on any atom is -0.457 e. The van der Waals surface area contributed by atoms with Crippen LogP contribution < -0.4 is 15.4 Å². The van der Waals surface area contributed by atoms with Gasteiger partial charge >= 0.3 is 0 Å². The van der Waals surface area contributed by atoms with Gasteiger partial charge in [0, 0.05) is 5.56 Å². The fourth-order valence-corrected chi connectivity index (χ4v) is 7.01. The van der Waals surface area contributed by atoms with Crippen LogP contribution >= 0.6 is 21.6 Å². The van der Waals surface area contributed by atoms with E-state index in [0.717, 1.165) is 5.56 Å². The van der Waals surface area contributed by atoms with Crippen LogP contribution in [0.2, 0.25) is 0 Å². The van der Waals surface area contributed by atoms with Crippen LogP contribution in [0.1, 0.15) is 22.5 Å². The summed E-state index contributed by atoms with van der Waals surface area (Å²) in [6.45, 7) is 0. The highest BCUT2D eigenvalue weighted by Crippen LogP contribution is 2.61. The molecule has 4 aliphatic heterocycles. The molecule has 132 valence electrons. The third-order valence-electron chi connectivity index (χ3n) is 4.89. The van der Waals surface area contributed by atoms with E-state index in [2.05, 4.69) is 10.6 Å². The van der Waals surface area contributed by atoms with Crippen molar-refractivity contribution in [3.63, 3.8) is 0 Å². The SMILES string of the molecule is O=C1NC2(C(O)c3ccccc3)SSC3c4ccccc4OC13NC2=O. The summed E-state index contributed by atoms with van der Waals surface area (Å²) < 4.78 is 5.92. The highest BCUT2D eigenvalue weighted by atomic mass is 33.1. The number of hydrogen-bond acceptors (Lipinski definition) is 6. The lowest BCUT2D eigenvalue weighted by Crippen LogP contribution is -2.75. The first-order valence-corrected chi connectivity index (χ1v) is 10.3. The van der Waals surface area contributed by atoms with Crippen LogP contribution in [0.5, 0.6) is 5.75 Å². The van der Waals surface area contributed by atoms with Gasteiger partial charge in [0.05, 0.1) is 0 Å². The van der Waals surface area contributed by atoms with E-state index in [4.69, 9.17) is 4.74 Å². The molecule has 3 saturated heterocycles. The Morgan fingerprint density at radius 2 is 1.73 bits per heavy atom. The summed E-state index contributed by atoms with van der Waals surface area (Å²) >= 11 is 0. The Labute approximate surface area is 157 Å². The van der Waals surface area contributed by atoms with Gasteiger partial charge in [0.25, 0.3) is 17.5 Å². The number of rotatable bonds is 2. The van der Waals surface area contributed by atoms with Crippen molar-refractivity contribution in [1.29, 1.82) is 0 Å². The zero-order valence-corrected chi connectivity index (χ0v) is 15.0. The van der Waals surface area contributed by atoms with Gasteiger partial charge in [-0.15, -0.1) is 0 Å². The second kappa shape index (κ2) is 5.42. The van der Waals surface area contributed by atoms with Crippen LogP contribution in [0.25, 0.3) is 0 Å². The smallest absolute Gasteiger partial charge is 0.289 e. The van der Waals surface area contributed by atoms with E-state index in [9.17, 15) is 14.7 Å². The van der Waals surface area contributed by atoms with E-state index in [1.54, 1.807) is 30.3 Å². The summed E-state index contributed by atoms with van der Waals surface area (Å²) in [5.74, 6) is -0.342. The molecule has 26 heavy (non-hydrogen) atoms. The minimum atomic E-state index is -1.52. The minimum absolute atomic E-state index is 0.403. The number of carbonyl (C=O) groups excluding carboxylic acids is 2. The van der Waals surface area contributed by atoms with E-state index >= 15 is 0 Å². The zero-order valence-electron chi connectivity index (χ0n) is 13.3. The van der Waals surface area contributed by atoms with Crippen molar-refractivity contribution >= 4 is 33.4 Å². The summed E-state index contributed by atoms with van der Waals surface area (Å²) in [7, 11) is 2.53. The van der Waals surface area contributed by atoms with Crippen LogP contribution in [0.15, 0.2) is 54.6 Å². The third kappa shape index (κ3) is 1.94. The maximum Gasteiger partial charge on any atom is 0.289 e.